The summed E-state index contributed by atoms with van der Waals surface area (Å²) in [4.78, 5) is 19.1. The molecule has 1 N–H and O–H groups in total. The second-order valence-corrected chi connectivity index (χ2v) is 6.90. The minimum absolute atomic E-state index is 0.0615. The molecule has 3 saturated heterocycles. The minimum atomic E-state index is -0.0615. The maximum absolute atomic E-state index is 12.4. The third kappa shape index (κ3) is 2.46. The Kier molecular flexibility index (Phi) is 3.23. The van der Waals surface area contributed by atoms with Crippen molar-refractivity contribution in [2.75, 3.05) is 19.6 Å². The number of hydrogen-bond donors (Lipinski definition) is 1. The molecule has 0 saturated carbocycles. The number of carbonyl (C=O) groups is 1. The number of hydrogen-bond acceptors (Lipinski definition) is 3. The lowest BCUT2D eigenvalue weighted by Crippen LogP contribution is -2.57. The Bertz CT molecular complexity index is 690. The van der Waals surface area contributed by atoms with Gasteiger partial charge in [-0.3, -0.25) is 4.79 Å². The molecule has 1 amide bonds. The predicted molar refractivity (Wildman–Crippen MR) is 83.3 cm³/mol. The summed E-state index contributed by atoms with van der Waals surface area (Å²) in [5, 5.41) is 3.17. The molecule has 5 heterocycles. The van der Waals surface area contributed by atoms with Crippen LogP contribution in [0.5, 0.6) is 0 Å². The summed E-state index contributed by atoms with van der Waals surface area (Å²) in [6.07, 6.45) is 6.01. The van der Waals surface area contributed by atoms with E-state index in [0.717, 1.165) is 16.5 Å². The average Bonchev–Trinajstić information content (AvgIpc) is 2.87. The zero-order valence-electron chi connectivity index (χ0n) is 11.6. The lowest BCUT2D eigenvalue weighted by molar-refractivity contribution is 0.0617. The third-order valence-electron chi connectivity index (χ3n) is 4.66. The molecule has 3 aliphatic heterocycles. The Morgan fingerprint density at radius 1 is 1.33 bits per heavy atom. The molecule has 0 unspecified atom stereocenters. The molecule has 1 atom stereocenters. The van der Waals surface area contributed by atoms with E-state index in [9.17, 15) is 4.79 Å². The van der Waals surface area contributed by atoms with Gasteiger partial charge in [0.2, 0.25) is 0 Å². The normalized spacial score (nSPS) is 28.0. The first-order valence-electron chi connectivity index (χ1n) is 7.35. The van der Waals surface area contributed by atoms with E-state index < -0.39 is 0 Å². The number of piperidine rings is 3. The van der Waals surface area contributed by atoms with Crippen molar-refractivity contribution in [3.63, 3.8) is 0 Å². The van der Waals surface area contributed by atoms with Crippen molar-refractivity contribution < 1.29 is 4.79 Å². The molecule has 2 aromatic rings. The van der Waals surface area contributed by atoms with Crippen molar-refractivity contribution in [3.05, 3.63) is 34.8 Å². The van der Waals surface area contributed by atoms with E-state index in [1.165, 1.54) is 25.9 Å². The highest BCUT2D eigenvalue weighted by molar-refractivity contribution is 9.10. The monoisotopic (exact) mass is 348 g/mol. The topological polar surface area (TPSA) is 49.6 Å². The van der Waals surface area contributed by atoms with Crippen LogP contribution in [-0.4, -0.2) is 45.9 Å². The molecule has 3 fully saturated rings. The fourth-order valence-electron chi connectivity index (χ4n) is 3.47. The molecular formula is C15H17BrN4O. The zero-order valence-corrected chi connectivity index (χ0v) is 13.2. The summed E-state index contributed by atoms with van der Waals surface area (Å²) >= 11 is 3.43. The number of nitrogens with one attached hydrogen (secondary N) is 1. The summed E-state index contributed by atoms with van der Waals surface area (Å²) in [5.74, 6) is 0.568. The van der Waals surface area contributed by atoms with Gasteiger partial charge in [0.1, 0.15) is 12.0 Å². The van der Waals surface area contributed by atoms with Crippen LogP contribution < -0.4 is 5.32 Å². The van der Waals surface area contributed by atoms with Gasteiger partial charge in [0.25, 0.3) is 5.91 Å². The molecule has 5 nitrogen and oxygen atoms in total. The Labute approximate surface area is 131 Å². The van der Waals surface area contributed by atoms with Crippen LogP contribution in [0.4, 0.5) is 0 Å². The lowest BCUT2D eigenvalue weighted by atomic mass is 9.84. The predicted octanol–water partition coefficient (Wildman–Crippen LogP) is 1.92. The van der Waals surface area contributed by atoms with Gasteiger partial charge in [0.05, 0.1) is 0 Å². The van der Waals surface area contributed by atoms with Gasteiger partial charge >= 0.3 is 0 Å². The number of aromatic nitrogens is 2. The van der Waals surface area contributed by atoms with Gasteiger partial charge in [0.15, 0.2) is 0 Å². The maximum Gasteiger partial charge on any atom is 0.270 e. The number of amides is 1. The van der Waals surface area contributed by atoms with Crippen molar-refractivity contribution in [2.45, 2.75) is 18.9 Å². The Morgan fingerprint density at radius 2 is 2.14 bits per heavy atom. The molecule has 0 spiro atoms. The highest BCUT2D eigenvalue weighted by Gasteiger charge is 2.35. The first-order chi connectivity index (χ1) is 10.2. The van der Waals surface area contributed by atoms with E-state index in [-0.39, 0.29) is 11.9 Å². The lowest BCUT2D eigenvalue weighted by Gasteiger charge is -2.44. The average molecular weight is 349 g/mol. The van der Waals surface area contributed by atoms with Crippen LogP contribution in [0.25, 0.3) is 5.52 Å². The summed E-state index contributed by atoms with van der Waals surface area (Å²) in [7, 11) is 0. The number of halogens is 1. The smallest absolute Gasteiger partial charge is 0.270 e. The van der Waals surface area contributed by atoms with Gasteiger partial charge in [-0.2, -0.15) is 0 Å². The first-order valence-corrected chi connectivity index (χ1v) is 8.15. The molecule has 0 aliphatic carbocycles. The number of carbonyl (C=O) groups excluding carboxylic acids is 1. The second kappa shape index (κ2) is 5.10. The van der Waals surface area contributed by atoms with Crippen LogP contribution in [0.1, 0.15) is 23.3 Å². The van der Waals surface area contributed by atoms with Crippen LogP contribution >= 0.6 is 15.9 Å². The molecule has 0 aromatic carbocycles. The molecule has 2 bridgehead atoms. The molecule has 110 valence electrons. The van der Waals surface area contributed by atoms with Crippen molar-refractivity contribution in [1.29, 1.82) is 0 Å². The summed E-state index contributed by atoms with van der Waals surface area (Å²) in [5.41, 5.74) is 1.46. The van der Waals surface area contributed by atoms with Crippen molar-refractivity contribution in [2.24, 2.45) is 5.92 Å². The summed E-state index contributed by atoms with van der Waals surface area (Å²) in [6.45, 7) is 3.34. The summed E-state index contributed by atoms with van der Waals surface area (Å²) in [6, 6.07) is 4.09. The quantitative estimate of drug-likeness (QED) is 0.901. The number of rotatable bonds is 2. The fraction of sp³-hybridized carbons (Fsp3) is 0.467. The summed E-state index contributed by atoms with van der Waals surface area (Å²) < 4.78 is 2.88. The molecule has 3 aliphatic rings. The van der Waals surface area contributed by atoms with Gasteiger partial charge in [-0.15, -0.1) is 0 Å². The van der Waals surface area contributed by atoms with Crippen molar-refractivity contribution in [3.8, 4) is 0 Å². The van der Waals surface area contributed by atoms with E-state index >= 15 is 0 Å². The molecule has 21 heavy (non-hydrogen) atoms. The number of fused-ring (bicyclic) bond motifs is 4. The molecule has 6 heteroatoms. The Morgan fingerprint density at radius 3 is 2.86 bits per heavy atom. The minimum Gasteiger partial charge on any atom is -0.346 e. The fourth-order valence-corrected chi connectivity index (χ4v) is 3.93. The van der Waals surface area contributed by atoms with Crippen LogP contribution in [-0.2, 0) is 0 Å². The van der Waals surface area contributed by atoms with Gasteiger partial charge in [-0.25, -0.2) is 4.98 Å². The molecular weight excluding hydrogens is 332 g/mol. The number of nitrogens with zero attached hydrogens (tertiary/aromatic N) is 3. The van der Waals surface area contributed by atoms with Gasteiger partial charge in [-0.05, 0) is 59.9 Å². The SMILES string of the molecule is O=C(N[C@H]1CN2CCC1CC2)c1cc2cc(Br)cn2cn1. The largest absolute Gasteiger partial charge is 0.346 e. The molecule has 2 aromatic heterocycles. The standard InChI is InChI=1S/C15H17BrN4O/c16-11-5-12-6-13(17-9-20(12)7-11)15(21)18-14-8-19-3-1-10(14)2-4-19/h5-7,9-10,14H,1-4,8H2,(H,18,21)/t14-/m0/s1. The van der Waals surface area contributed by atoms with Crippen molar-refractivity contribution >= 4 is 27.4 Å². The Balaban J connectivity index is 1.53. The zero-order chi connectivity index (χ0) is 14.4. The van der Waals surface area contributed by atoms with Gasteiger partial charge < -0.3 is 14.6 Å². The second-order valence-electron chi connectivity index (χ2n) is 5.98. The van der Waals surface area contributed by atoms with E-state index in [1.54, 1.807) is 6.33 Å². The van der Waals surface area contributed by atoms with Crippen LogP contribution in [0.2, 0.25) is 0 Å². The Hall–Kier alpha value is -1.40. The first kappa shape index (κ1) is 13.3. The van der Waals surface area contributed by atoms with Crippen LogP contribution in [0.15, 0.2) is 29.1 Å². The van der Waals surface area contributed by atoms with Crippen LogP contribution in [0, 0.1) is 5.92 Å². The van der Waals surface area contributed by atoms with Crippen LogP contribution in [0.3, 0.4) is 0 Å². The van der Waals surface area contributed by atoms with Gasteiger partial charge in [-0.1, -0.05) is 0 Å². The third-order valence-corrected chi connectivity index (χ3v) is 5.09. The molecule has 0 radical (unpaired) electrons. The maximum atomic E-state index is 12.4. The van der Waals surface area contributed by atoms with E-state index in [0.29, 0.717) is 11.6 Å². The van der Waals surface area contributed by atoms with Gasteiger partial charge in [0, 0.05) is 28.8 Å². The van der Waals surface area contributed by atoms with E-state index in [4.69, 9.17) is 0 Å². The van der Waals surface area contributed by atoms with Crippen molar-refractivity contribution in [1.82, 2.24) is 19.6 Å². The van der Waals surface area contributed by atoms with E-state index in [1.807, 2.05) is 22.7 Å². The highest BCUT2D eigenvalue weighted by atomic mass is 79.9. The molecule has 5 rings (SSSR count). The van der Waals surface area contributed by atoms with E-state index in [2.05, 4.69) is 31.1 Å². The highest BCUT2D eigenvalue weighted by Crippen LogP contribution is 2.27.